The van der Waals surface area contributed by atoms with E-state index >= 15 is 0 Å². The third-order valence-corrected chi connectivity index (χ3v) is 4.12. The van der Waals surface area contributed by atoms with Gasteiger partial charge in [-0.2, -0.15) is 0 Å². The van der Waals surface area contributed by atoms with Crippen LogP contribution in [0.15, 0.2) is 59.1 Å². The zero-order valence-electron chi connectivity index (χ0n) is 12.5. The first-order valence-electron chi connectivity index (χ1n) is 7.27. The number of rotatable bonds is 4. The van der Waals surface area contributed by atoms with E-state index in [-0.39, 0.29) is 6.54 Å². The van der Waals surface area contributed by atoms with E-state index in [9.17, 15) is 14.4 Å². The van der Waals surface area contributed by atoms with Crippen LogP contribution in [0.4, 0.5) is 10.5 Å². The summed E-state index contributed by atoms with van der Waals surface area (Å²) in [7, 11) is 0. The first-order valence-corrected chi connectivity index (χ1v) is 8.06. The molecule has 0 aliphatic carbocycles. The molecule has 1 fully saturated rings. The number of nitrogens with zero attached hydrogens (tertiary/aromatic N) is 1. The van der Waals surface area contributed by atoms with E-state index in [0.29, 0.717) is 11.3 Å². The van der Waals surface area contributed by atoms with Gasteiger partial charge in [0.1, 0.15) is 12.6 Å². The Labute approximate surface area is 147 Å². The first kappa shape index (κ1) is 16.2. The highest BCUT2D eigenvalue weighted by atomic mass is 79.9. The number of carbonyl (C=O) groups is 3. The average molecular weight is 388 g/mol. The molecule has 6 nitrogen and oxygen atoms in total. The van der Waals surface area contributed by atoms with E-state index in [2.05, 4.69) is 26.6 Å². The normalized spacial score (nSPS) is 16.9. The second-order valence-electron chi connectivity index (χ2n) is 5.27. The number of hydrogen-bond acceptors (Lipinski definition) is 3. The van der Waals surface area contributed by atoms with Crippen LogP contribution in [-0.4, -0.2) is 29.3 Å². The minimum Gasteiger partial charge on any atom is -0.325 e. The summed E-state index contributed by atoms with van der Waals surface area (Å²) in [6.45, 7) is -0.329. The Kier molecular flexibility index (Phi) is 4.61. The Morgan fingerprint density at radius 3 is 2.42 bits per heavy atom. The van der Waals surface area contributed by atoms with Crippen molar-refractivity contribution in [1.29, 1.82) is 0 Å². The molecular weight excluding hydrogens is 374 g/mol. The third kappa shape index (κ3) is 3.46. The fraction of sp³-hybridized carbons (Fsp3) is 0.118. The maximum atomic E-state index is 12.4. The van der Waals surface area contributed by atoms with Crippen molar-refractivity contribution in [3.63, 3.8) is 0 Å². The van der Waals surface area contributed by atoms with Gasteiger partial charge in [0.05, 0.1) is 0 Å². The first-order chi connectivity index (χ1) is 11.5. The molecule has 2 N–H and O–H groups in total. The van der Waals surface area contributed by atoms with Crippen LogP contribution in [0, 0.1) is 0 Å². The van der Waals surface area contributed by atoms with Gasteiger partial charge >= 0.3 is 6.03 Å². The molecule has 0 saturated carbocycles. The van der Waals surface area contributed by atoms with Crippen LogP contribution in [0.2, 0.25) is 0 Å². The summed E-state index contributed by atoms with van der Waals surface area (Å²) >= 11 is 3.31. The maximum Gasteiger partial charge on any atom is 0.325 e. The standard InChI is InChI=1S/C17H14BrN3O3/c18-12-6-8-13(9-7-12)19-14(22)10-21-16(23)15(20-17(21)24)11-4-2-1-3-5-11/h1-9,15H,10H2,(H,19,22)(H,20,24). The van der Waals surface area contributed by atoms with Gasteiger partial charge in [0, 0.05) is 10.2 Å². The Bertz CT molecular complexity index is 777. The highest BCUT2D eigenvalue weighted by Gasteiger charge is 2.39. The lowest BCUT2D eigenvalue weighted by molar-refractivity contribution is -0.130. The number of amides is 4. The Morgan fingerprint density at radius 1 is 1.08 bits per heavy atom. The number of hydrogen-bond donors (Lipinski definition) is 2. The van der Waals surface area contributed by atoms with Gasteiger partial charge in [-0.25, -0.2) is 4.79 Å². The van der Waals surface area contributed by atoms with Crippen LogP contribution in [-0.2, 0) is 9.59 Å². The van der Waals surface area contributed by atoms with Gasteiger partial charge in [0.25, 0.3) is 5.91 Å². The van der Waals surface area contributed by atoms with Gasteiger partial charge in [-0.1, -0.05) is 46.3 Å². The SMILES string of the molecule is O=C(CN1C(=O)NC(c2ccccc2)C1=O)Nc1ccc(Br)cc1. The molecule has 24 heavy (non-hydrogen) atoms. The second-order valence-corrected chi connectivity index (χ2v) is 6.19. The minimum atomic E-state index is -0.751. The molecule has 1 aliphatic rings. The van der Waals surface area contributed by atoms with Crippen molar-refractivity contribution in [1.82, 2.24) is 10.2 Å². The highest BCUT2D eigenvalue weighted by Crippen LogP contribution is 2.21. The summed E-state index contributed by atoms with van der Waals surface area (Å²) in [6, 6.07) is 14.6. The number of benzene rings is 2. The number of anilines is 1. The molecule has 2 aromatic rings. The number of nitrogens with one attached hydrogen (secondary N) is 2. The van der Waals surface area contributed by atoms with Crippen molar-refractivity contribution in [3.05, 3.63) is 64.6 Å². The summed E-state index contributed by atoms with van der Waals surface area (Å²) < 4.78 is 0.889. The molecule has 122 valence electrons. The van der Waals surface area contributed by atoms with Crippen molar-refractivity contribution in [2.75, 3.05) is 11.9 Å². The number of urea groups is 1. The second kappa shape index (κ2) is 6.84. The van der Waals surface area contributed by atoms with Crippen LogP contribution in [0.5, 0.6) is 0 Å². The minimum absolute atomic E-state index is 0.329. The van der Waals surface area contributed by atoms with Crippen molar-refractivity contribution in [2.24, 2.45) is 0 Å². The number of halogens is 1. The molecule has 1 atom stereocenters. The van der Waals surface area contributed by atoms with Gasteiger partial charge in [-0.3, -0.25) is 14.5 Å². The molecule has 2 aromatic carbocycles. The molecule has 0 bridgehead atoms. The van der Waals surface area contributed by atoms with Gasteiger partial charge in [0.2, 0.25) is 5.91 Å². The van der Waals surface area contributed by atoms with E-state index in [4.69, 9.17) is 0 Å². The fourth-order valence-corrected chi connectivity index (χ4v) is 2.68. The zero-order chi connectivity index (χ0) is 17.1. The van der Waals surface area contributed by atoms with Gasteiger partial charge in [-0.05, 0) is 29.8 Å². The van der Waals surface area contributed by atoms with Gasteiger partial charge in [-0.15, -0.1) is 0 Å². The van der Waals surface area contributed by atoms with E-state index in [1.807, 2.05) is 6.07 Å². The highest BCUT2D eigenvalue weighted by molar-refractivity contribution is 9.10. The molecule has 4 amide bonds. The molecule has 0 radical (unpaired) electrons. The topological polar surface area (TPSA) is 78.5 Å². The fourth-order valence-electron chi connectivity index (χ4n) is 2.42. The molecule has 0 spiro atoms. The maximum absolute atomic E-state index is 12.4. The molecule has 3 rings (SSSR count). The summed E-state index contributed by atoms with van der Waals surface area (Å²) in [5.74, 6) is -0.869. The number of imide groups is 1. The quantitative estimate of drug-likeness (QED) is 0.791. The van der Waals surface area contributed by atoms with Crippen LogP contribution in [0.3, 0.4) is 0 Å². The summed E-state index contributed by atoms with van der Waals surface area (Å²) in [5, 5.41) is 5.26. The van der Waals surface area contributed by atoms with Crippen LogP contribution in [0.25, 0.3) is 0 Å². The van der Waals surface area contributed by atoms with Crippen molar-refractivity contribution < 1.29 is 14.4 Å². The largest absolute Gasteiger partial charge is 0.325 e. The van der Waals surface area contributed by atoms with E-state index < -0.39 is 23.9 Å². The third-order valence-electron chi connectivity index (χ3n) is 3.59. The average Bonchev–Trinajstić information content (AvgIpc) is 2.86. The summed E-state index contributed by atoms with van der Waals surface area (Å²) in [6.07, 6.45) is 0. The van der Waals surface area contributed by atoms with Crippen molar-refractivity contribution in [3.8, 4) is 0 Å². The van der Waals surface area contributed by atoms with Crippen LogP contribution in [0.1, 0.15) is 11.6 Å². The molecule has 1 heterocycles. The lowest BCUT2D eigenvalue weighted by Crippen LogP contribution is -2.38. The van der Waals surface area contributed by atoms with Crippen LogP contribution >= 0.6 is 15.9 Å². The zero-order valence-corrected chi connectivity index (χ0v) is 14.1. The monoisotopic (exact) mass is 387 g/mol. The van der Waals surface area contributed by atoms with Gasteiger partial charge in [0.15, 0.2) is 0 Å². The summed E-state index contributed by atoms with van der Waals surface area (Å²) in [5.41, 5.74) is 1.28. The van der Waals surface area contributed by atoms with Gasteiger partial charge < -0.3 is 10.6 Å². The molecular formula is C17H14BrN3O3. The predicted molar refractivity (Wildman–Crippen MR) is 92.2 cm³/mol. The van der Waals surface area contributed by atoms with E-state index in [0.717, 1.165) is 9.37 Å². The predicted octanol–water partition coefficient (Wildman–Crippen LogP) is 2.68. The smallest absolute Gasteiger partial charge is 0.325 e. The van der Waals surface area contributed by atoms with Crippen molar-refractivity contribution >= 4 is 39.5 Å². The van der Waals surface area contributed by atoms with Crippen molar-refractivity contribution in [2.45, 2.75) is 6.04 Å². The lowest BCUT2D eigenvalue weighted by atomic mass is 10.1. The Balaban J connectivity index is 1.66. The molecule has 0 aromatic heterocycles. The Morgan fingerprint density at radius 2 is 1.75 bits per heavy atom. The van der Waals surface area contributed by atoms with Crippen LogP contribution < -0.4 is 10.6 Å². The van der Waals surface area contributed by atoms with E-state index in [1.54, 1.807) is 48.5 Å². The number of carbonyl (C=O) groups excluding carboxylic acids is 3. The molecule has 1 unspecified atom stereocenters. The molecule has 7 heteroatoms. The molecule has 1 saturated heterocycles. The molecule has 1 aliphatic heterocycles. The lowest BCUT2D eigenvalue weighted by Gasteiger charge is -2.13. The Hall–Kier alpha value is -2.67. The van der Waals surface area contributed by atoms with E-state index in [1.165, 1.54) is 0 Å². The summed E-state index contributed by atoms with van der Waals surface area (Å²) in [4.78, 5) is 37.4.